The van der Waals surface area contributed by atoms with Gasteiger partial charge < -0.3 is 14.4 Å². The molecule has 0 saturated heterocycles. The summed E-state index contributed by atoms with van der Waals surface area (Å²) in [4.78, 5) is 37.0. The highest BCUT2D eigenvalue weighted by Gasteiger charge is 2.29. The van der Waals surface area contributed by atoms with Crippen molar-refractivity contribution in [3.05, 3.63) is 41.9 Å². The van der Waals surface area contributed by atoms with Crippen LogP contribution in [0.4, 0.5) is 10.6 Å². The van der Waals surface area contributed by atoms with Crippen molar-refractivity contribution >= 4 is 17.8 Å². The topological polar surface area (TPSA) is 84.9 Å². The number of hydrogen-bond donors (Lipinski definition) is 0. The van der Waals surface area contributed by atoms with E-state index in [-0.39, 0.29) is 12.0 Å². The summed E-state index contributed by atoms with van der Waals surface area (Å²) in [6.07, 6.45) is 5.63. The Balaban J connectivity index is 1.91. The Bertz CT molecular complexity index is 968. The average molecular weight is 427 g/mol. The van der Waals surface area contributed by atoms with Crippen molar-refractivity contribution < 1.29 is 19.1 Å². The van der Waals surface area contributed by atoms with E-state index in [2.05, 4.69) is 9.97 Å². The van der Waals surface area contributed by atoms with E-state index >= 15 is 0 Å². The first kappa shape index (κ1) is 22.7. The molecule has 2 aromatic heterocycles. The first-order chi connectivity index (χ1) is 14.6. The predicted molar refractivity (Wildman–Crippen MR) is 118 cm³/mol. The Morgan fingerprint density at radius 1 is 1.13 bits per heavy atom. The summed E-state index contributed by atoms with van der Waals surface area (Å²) >= 11 is 0. The Kier molecular flexibility index (Phi) is 6.59. The van der Waals surface area contributed by atoms with E-state index in [1.54, 1.807) is 37.6 Å². The van der Waals surface area contributed by atoms with Crippen LogP contribution in [-0.4, -0.2) is 60.2 Å². The minimum atomic E-state index is -0.726. The predicted octanol–water partition coefficient (Wildman–Crippen LogP) is 3.61. The molecule has 2 amide bonds. The van der Waals surface area contributed by atoms with Crippen LogP contribution in [0.2, 0.25) is 0 Å². The van der Waals surface area contributed by atoms with Crippen molar-refractivity contribution in [2.45, 2.75) is 45.3 Å². The molecule has 1 aliphatic rings. The molecule has 0 bridgehead atoms. The molecule has 0 N–H and O–H groups in total. The Morgan fingerprint density at radius 3 is 2.48 bits per heavy atom. The molecule has 0 aromatic carbocycles. The normalized spacial score (nSPS) is 14.6. The average Bonchev–Trinajstić information content (AvgIpc) is 2.72. The number of carbonyl (C=O) groups excluding carboxylic acids is 2. The summed E-state index contributed by atoms with van der Waals surface area (Å²) in [5, 5.41) is 0. The van der Waals surface area contributed by atoms with E-state index in [0.29, 0.717) is 17.9 Å². The number of anilines is 1. The van der Waals surface area contributed by atoms with Gasteiger partial charge in [-0.2, -0.15) is 0 Å². The largest absolute Gasteiger partial charge is 0.443 e. The minimum absolute atomic E-state index is 0.155. The maximum absolute atomic E-state index is 12.6. The zero-order chi connectivity index (χ0) is 22.8. The summed E-state index contributed by atoms with van der Waals surface area (Å²) in [6.45, 7) is 6.12. The van der Waals surface area contributed by atoms with Gasteiger partial charge >= 0.3 is 6.09 Å². The highest BCUT2D eigenvalue weighted by molar-refractivity contribution is 5.88. The highest BCUT2D eigenvalue weighted by Crippen LogP contribution is 2.31. The van der Waals surface area contributed by atoms with Crippen molar-refractivity contribution in [3.63, 3.8) is 0 Å². The molecule has 0 fully saturated rings. The van der Waals surface area contributed by atoms with Gasteiger partial charge in [0.25, 0.3) is 5.91 Å². The van der Waals surface area contributed by atoms with E-state index in [1.165, 1.54) is 12.0 Å². The van der Waals surface area contributed by atoms with Crippen LogP contribution in [0.15, 0.2) is 30.7 Å². The molecule has 2 aromatic rings. The van der Waals surface area contributed by atoms with Gasteiger partial charge in [-0.05, 0) is 51.3 Å². The van der Waals surface area contributed by atoms with Gasteiger partial charge in [0.1, 0.15) is 11.4 Å². The Morgan fingerprint density at radius 2 is 1.84 bits per heavy atom. The molecule has 3 rings (SSSR count). The molecule has 31 heavy (non-hydrogen) atoms. The number of nitrogens with zero attached hydrogens (tertiary/aromatic N) is 4. The molecule has 1 atom stereocenters. The molecule has 0 radical (unpaired) electrons. The lowest BCUT2D eigenvalue weighted by Gasteiger charge is -2.30. The van der Waals surface area contributed by atoms with Crippen LogP contribution in [0.3, 0.4) is 0 Å². The number of likely N-dealkylation sites (N-methyl/N-ethyl adjacent to an activating group) is 1. The number of methoxy groups -OCH3 is 1. The van der Waals surface area contributed by atoms with Crippen LogP contribution >= 0.6 is 0 Å². The van der Waals surface area contributed by atoms with Gasteiger partial charge in [0.05, 0.1) is 0 Å². The summed E-state index contributed by atoms with van der Waals surface area (Å²) < 4.78 is 10.9. The Hall–Kier alpha value is -3.00. The number of aromatic nitrogens is 2. The fraction of sp³-hybridized carbons (Fsp3) is 0.478. The third kappa shape index (κ3) is 5.19. The zero-order valence-electron chi connectivity index (χ0n) is 19.0. The minimum Gasteiger partial charge on any atom is -0.443 e. The molecule has 0 saturated carbocycles. The number of rotatable bonds is 4. The first-order valence-electron chi connectivity index (χ1n) is 10.3. The maximum Gasteiger partial charge on any atom is 0.416 e. The second-order valence-corrected chi connectivity index (χ2v) is 8.80. The van der Waals surface area contributed by atoms with Gasteiger partial charge in [0.2, 0.25) is 0 Å². The van der Waals surface area contributed by atoms with Crippen molar-refractivity contribution in [2.24, 2.45) is 0 Å². The number of pyridine rings is 2. The number of hydrogen-bond acceptors (Lipinski definition) is 6. The van der Waals surface area contributed by atoms with Crippen molar-refractivity contribution in [1.82, 2.24) is 14.9 Å². The lowest BCUT2D eigenvalue weighted by molar-refractivity contribution is -0.139. The fourth-order valence-electron chi connectivity index (χ4n) is 3.49. The van der Waals surface area contributed by atoms with Crippen LogP contribution in [0.25, 0.3) is 11.1 Å². The zero-order valence-corrected chi connectivity index (χ0v) is 19.0. The van der Waals surface area contributed by atoms with Gasteiger partial charge in [-0.15, -0.1) is 0 Å². The van der Waals surface area contributed by atoms with E-state index in [9.17, 15) is 9.59 Å². The maximum atomic E-state index is 12.6. The monoisotopic (exact) mass is 426 g/mol. The number of ether oxygens (including phenoxy) is 2. The molecule has 1 unspecified atom stereocenters. The lowest BCUT2D eigenvalue weighted by atomic mass is 9.99. The van der Waals surface area contributed by atoms with E-state index < -0.39 is 11.7 Å². The van der Waals surface area contributed by atoms with E-state index in [0.717, 1.165) is 29.5 Å². The quantitative estimate of drug-likeness (QED) is 0.743. The summed E-state index contributed by atoms with van der Waals surface area (Å²) in [7, 11) is 4.88. The van der Waals surface area contributed by atoms with E-state index in [1.807, 2.05) is 32.9 Å². The third-order valence-corrected chi connectivity index (χ3v) is 4.94. The van der Waals surface area contributed by atoms with Gasteiger partial charge in [-0.25, -0.2) is 9.78 Å². The van der Waals surface area contributed by atoms with Crippen molar-refractivity contribution in [3.8, 4) is 11.1 Å². The number of fused-ring (bicyclic) bond motifs is 1. The van der Waals surface area contributed by atoms with Crippen LogP contribution in [0.1, 0.15) is 44.4 Å². The van der Waals surface area contributed by atoms with Crippen molar-refractivity contribution in [1.29, 1.82) is 0 Å². The fourth-order valence-corrected chi connectivity index (χ4v) is 3.49. The lowest BCUT2D eigenvalue weighted by Crippen LogP contribution is -2.40. The second kappa shape index (κ2) is 9.01. The summed E-state index contributed by atoms with van der Waals surface area (Å²) in [5.41, 5.74) is 2.78. The van der Waals surface area contributed by atoms with Gasteiger partial charge in [0.15, 0.2) is 6.10 Å². The molecular formula is C23H30N4O4. The second-order valence-electron chi connectivity index (χ2n) is 8.80. The molecule has 166 valence electrons. The van der Waals surface area contributed by atoms with Gasteiger partial charge in [0, 0.05) is 63.0 Å². The summed E-state index contributed by atoms with van der Waals surface area (Å²) in [5.74, 6) is 0.476. The van der Waals surface area contributed by atoms with Crippen LogP contribution in [0, 0.1) is 0 Å². The standard InChI is InChI=1S/C23H30N4O4/c1-23(2,3)31-22(29)27-9-7-8-15-10-17(14-25-20(15)27)16-11-18(13-24-12-16)19(30-6)21(28)26(4)5/h10-14,19H,7-9H2,1-6H3. The van der Waals surface area contributed by atoms with Crippen LogP contribution < -0.4 is 4.90 Å². The molecular weight excluding hydrogens is 396 g/mol. The van der Waals surface area contributed by atoms with Crippen molar-refractivity contribution in [2.75, 3.05) is 32.6 Å². The number of amides is 2. The van der Waals surface area contributed by atoms with Gasteiger partial charge in [-0.1, -0.05) is 0 Å². The molecule has 3 heterocycles. The van der Waals surface area contributed by atoms with Crippen LogP contribution in [0.5, 0.6) is 0 Å². The molecule has 1 aliphatic heterocycles. The third-order valence-electron chi connectivity index (χ3n) is 4.94. The molecule has 8 nitrogen and oxygen atoms in total. The first-order valence-corrected chi connectivity index (χ1v) is 10.3. The molecule has 0 spiro atoms. The van der Waals surface area contributed by atoms with Gasteiger partial charge in [-0.3, -0.25) is 14.7 Å². The molecule has 0 aliphatic carbocycles. The Labute approximate surface area is 183 Å². The van der Waals surface area contributed by atoms with Crippen LogP contribution in [-0.2, 0) is 20.7 Å². The van der Waals surface area contributed by atoms with E-state index in [4.69, 9.17) is 9.47 Å². The number of aryl methyl sites for hydroxylation is 1. The SMILES string of the molecule is COC(C(=O)N(C)C)c1cncc(-c2cnc3c(c2)CCCN3C(=O)OC(C)(C)C)c1. The molecule has 8 heteroatoms. The summed E-state index contributed by atoms with van der Waals surface area (Å²) in [6, 6.07) is 3.91. The number of carbonyl (C=O) groups is 2. The smallest absolute Gasteiger partial charge is 0.416 e. The highest BCUT2D eigenvalue weighted by atomic mass is 16.6.